The fourth-order valence-corrected chi connectivity index (χ4v) is 2.18. The lowest BCUT2D eigenvalue weighted by Gasteiger charge is -2.09. The zero-order chi connectivity index (χ0) is 13.9. The first-order valence-electron chi connectivity index (χ1n) is 6.58. The normalized spacial score (nSPS) is 10.7. The molecule has 0 fully saturated rings. The van der Waals surface area contributed by atoms with Crippen LogP contribution in [0.2, 0.25) is 0 Å². The number of nitrogens with two attached hydrogens (primary N) is 1. The molecule has 20 heavy (non-hydrogen) atoms. The Hall–Kier alpha value is -2.39. The summed E-state index contributed by atoms with van der Waals surface area (Å²) in [4.78, 5) is 4.32. The van der Waals surface area contributed by atoms with E-state index in [2.05, 4.69) is 17.1 Å². The van der Waals surface area contributed by atoms with Gasteiger partial charge in [-0.2, -0.15) is 0 Å². The molecule has 100 valence electrons. The standard InChI is InChI=1S/C17H16N2O/c1-12-8-13(10-18)11-19-17(12)20-16-7-6-14-4-2-3-5-15(14)9-16/h2-9,11H,10,18H2,1H3. The van der Waals surface area contributed by atoms with Crippen LogP contribution in [0.1, 0.15) is 11.1 Å². The van der Waals surface area contributed by atoms with Crippen LogP contribution in [0.5, 0.6) is 11.6 Å². The maximum Gasteiger partial charge on any atom is 0.222 e. The van der Waals surface area contributed by atoms with Gasteiger partial charge in [0.15, 0.2) is 0 Å². The van der Waals surface area contributed by atoms with E-state index in [1.165, 1.54) is 5.39 Å². The van der Waals surface area contributed by atoms with Crippen LogP contribution in [-0.4, -0.2) is 4.98 Å². The lowest BCUT2D eigenvalue weighted by molar-refractivity contribution is 0.459. The summed E-state index contributed by atoms with van der Waals surface area (Å²) in [6, 6.07) is 16.2. The molecular weight excluding hydrogens is 248 g/mol. The van der Waals surface area contributed by atoms with E-state index in [0.717, 1.165) is 22.3 Å². The number of ether oxygens (including phenoxy) is 1. The highest BCUT2D eigenvalue weighted by Crippen LogP contribution is 2.26. The largest absolute Gasteiger partial charge is 0.439 e. The Morgan fingerprint density at radius 3 is 2.60 bits per heavy atom. The lowest BCUT2D eigenvalue weighted by Crippen LogP contribution is -1.99. The van der Waals surface area contributed by atoms with Gasteiger partial charge in [-0.15, -0.1) is 0 Å². The van der Waals surface area contributed by atoms with Gasteiger partial charge in [-0.3, -0.25) is 0 Å². The molecule has 3 heteroatoms. The van der Waals surface area contributed by atoms with E-state index < -0.39 is 0 Å². The van der Waals surface area contributed by atoms with Crippen molar-refractivity contribution in [2.75, 3.05) is 0 Å². The third kappa shape index (κ3) is 2.49. The van der Waals surface area contributed by atoms with Crippen molar-refractivity contribution in [3.63, 3.8) is 0 Å². The number of nitrogens with zero attached hydrogens (tertiary/aromatic N) is 1. The molecule has 0 unspecified atom stereocenters. The van der Waals surface area contributed by atoms with Crippen LogP contribution < -0.4 is 10.5 Å². The van der Waals surface area contributed by atoms with Crippen molar-refractivity contribution in [2.24, 2.45) is 5.73 Å². The van der Waals surface area contributed by atoms with Gasteiger partial charge in [0.05, 0.1) is 0 Å². The van der Waals surface area contributed by atoms with Gasteiger partial charge >= 0.3 is 0 Å². The van der Waals surface area contributed by atoms with Crippen LogP contribution in [0.25, 0.3) is 10.8 Å². The molecule has 1 heterocycles. The molecule has 0 saturated carbocycles. The first-order valence-corrected chi connectivity index (χ1v) is 6.58. The second-order valence-corrected chi connectivity index (χ2v) is 4.78. The fraction of sp³-hybridized carbons (Fsp3) is 0.118. The summed E-state index contributed by atoms with van der Waals surface area (Å²) < 4.78 is 5.86. The second kappa shape index (κ2) is 5.31. The van der Waals surface area contributed by atoms with Crippen LogP contribution in [-0.2, 0) is 6.54 Å². The van der Waals surface area contributed by atoms with Gasteiger partial charge in [0.2, 0.25) is 5.88 Å². The maximum absolute atomic E-state index is 5.86. The van der Waals surface area contributed by atoms with Crippen molar-refractivity contribution in [2.45, 2.75) is 13.5 Å². The number of pyridine rings is 1. The van der Waals surface area contributed by atoms with Crippen LogP contribution in [0, 0.1) is 6.92 Å². The van der Waals surface area contributed by atoms with Gasteiger partial charge in [-0.25, -0.2) is 4.98 Å². The Morgan fingerprint density at radius 1 is 1.05 bits per heavy atom. The van der Waals surface area contributed by atoms with E-state index >= 15 is 0 Å². The van der Waals surface area contributed by atoms with Crippen molar-refractivity contribution in [3.8, 4) is 11.6 Å². The highest BCUT2D eigenvalue weighted by Gasteiger charge is 2.05. The van der Waals surface area contributed by atoms with Crippen LogP contribution in [0.3, 0.4) is 0 Å². The van der Waals surface area contributed by atoms with E-state index in [9.17, 15) is 0 Å². The predicted molar refractivity (Wildman–Crippen MR) is 80.9 cm³/mol. The third-order valence-electron chi connectivity index (χ3n) is 3.26. The zero-order valence-corrected chi connectivity index (χ0v) is 11.3. The lowest BCUT2D eigenvalue weighted by atomic mass is 10.1. The van der Waals surface area contributed by atoms with E-state index in [-0.39, 0.29) is 0 Å². The minimum absolute atomic E-state index is 0.490. The van der Waals surface area contributed by atoms with Crippen LogP contribution in [0.15, 0.2) is 54.7 Å². The number of aryl methyl sites for hydroxylation is 1. The summed E-state index contributed by atoms with van der Waals surface area (Å²) in [5, 5.41) is 2.35. The van der Waals surface area contributed by atoms with Crippen LogP contribution >= 0.6 is 0 Å². The Kier molecular flexibility index (Phi) is 3.35. The first kappa shape index (κ1) is 12.6. The molecule has 3 aromatic rings. The Bertz CT molecular complexity index is 753. The zero-order valence-electron chi connectivity index (χ0n) is 11.3. The monoisotopic (exact) mass is 264 g/mol. The number of fused-ring (bicyclic) bond motifs is 1. The number of hydrogen-bond donors (Lipinski definition) is 1. The van der Waals surface area contributed by atoms with Crippen molar-refractivity contribution in [1.82, 2.24) is 4.98 Å². The van der Waals surface area contributed by atoms with Gasteiger partial charge in [0, 0.05) is 18.3 Å². The molecule has 3 rings (SSSR count). The molecule has 0 radical (unpaired) electrons. The molecule has 0 aliphatic carbocycles. The van der Waals surface area contributed by atoms with Crippen LogP contribution in [0.4, 0.5) is 0 Å². The molecule has 2 aromatic carbocycles. The maximum atomic E-state index is 5.86. The summed E-state index contributed by atoms with van der Waals surface area (Å²) in [5.41, 5.74) is 7.60. The van der Waals surface area contributed by atoms with Gasteiger partial charge < -0.3 is 10.5 Å². The molecule has 0 saturated heterocycles. The van der Waals surface area contributed by atoms with Crippen molar-refractivity contribution < 1.29 is 4.74 Å². The highest BCUT2D eigenvalue weighted by atomic mass is 16.5. The van der Waals surface area contributed by atoms with Gasteiger partial charge in [-0.1, -0.05) is 30.3 Å². The molecule has 0 aliphatic rings. The van der Waals surface area contributed by atoms with E-state index in [1.54, 1.807) is 6.20 Å². The molecule has 0 bridgehead atoms. The molecular formula is C17H16N2O. The van der Waals surface area contributed by atoms with Crippen molar-refractivity contribution in [1.29, 1.82) is 0 Å². The smallest absolute Gasteiger partial charge is 0.222 e. The van der Waals surface area contributed by atoms with Gasteiger partial charge in [0.1, 0.15) is 5.75 Å². The molecule has 1 aromatic heterocycles. The summed E-state index contributed by atoms with van der Waals surface area (Å²) in [6.45, 7) is 2.46. The van der Waals surface area contributed by atoms with E-state index in [0.29, 0.717) is 12.4 Å². The van der Waals surface area contributed by atoms with Gasteiger partial charge in [-0.05, 0) is 41.5 Å². The Balaban J connectivity index is 1.92. The SMILES string of the molecule is Cc1cc(CN)cnc1Oc1ccc2ccccc2c1. The second-order valence-electron chi connectivity index (χ2n) is 4.78. The summed E-state index contributed by atoms with van der Waals surface area (Å²) in [6.07, 6.45) is 1.75. The first-order chi connectivity index (χ1) is 9.76. The molecule has 2 N–H and O–H groups in total. The highest BCUT2D eigenvalue weighted by molar-refractivity contribution is 5.83. The predicted octanol–water partition coefficient (Wildman–Crippen LogP) is 3.79. The summed E-state index contributed by atoms with van der Waals surface area (Å²) in [7, 11) is 0. The number of benzene rings is 2. The molecule has 3 nitrogen and oxygen atoms in total. The van der Waals surface area contributed by atoms with Gasteiger partial charge in [0.25, 0.3) is 0 Å². The minimum Gasteiger partial charge on any atom is -0.439 e. The quantitative estimate of drug-likeness (QED) is 0.782. The molecule has 0 amide bonds. The Labute approximate surface area is 118 Å². The number of hydrogen-bond acceptors (Lipinski definition) is 3. The topological polar surface area (TPSA) is 48.1 Å². The van der Waals surface area contributed by atoms with Crippen molar-refractivity contribution >= 4 is 10.8 Å². The Morgan fingerprint density at radius 2 is 1.85 bits per heavy atom. The van der Waals surface area contributed by atoms with E-state index in [4.69, 9.17) is 10.5 Å². The number of aromatic nitrogens is 1. The fourth-order valence-electron chi connectivity index (χ4n) is 2.18. The average Bonchev–Trinajstić information content (AvgIpc) is 2.49. The molecule has 0 atom stereocenters. The number of rotatable bonds is 3. The van der Waals surface area contributed by atoms with E-state index in [1.807, 2.05) is 43.3 Å². The molecule has 0 aliphatic heterocycles. The summed E-state index contributed by atoms with van der Waals surface area (Å²) >= 11 is 0. The van der Waals surface area contributed by atoms with Crippen molar-refractivity contribution in [3.05, 3.63) is 65.9 Å². The molecule has 0 spiro atoms. The summed E-state index contributed by atoms with van der Waals surface area (Å²) in [5.74, 6) is 1.41. The average molecular weight is 264 g/mol. The minimum atomic E-state index is 0.490. The third-order valence-corrected chi connectivity index (χ3v) is 3.26.